The number of hydrogen-bond donors (Lipinski definition) is 1. The van der Waals surface area contributed by atoms with Crippen molar-refractivity contribution >= 4 is 15.7 Å². The van der Waals surface area contributed by atoms with E-state index in [1.54, 1.807) is 23.0 Å². The van der Waals surface area contributed by atoms with Crippen LogP contribution < -0.4 is 9.46 Å². The fourth-order valence-corrected chi connectivity index (χ4v) is 3.56. The first-order valence-electron chi connectivity index (χ1n) is 8.43. The molecule has 0 amide bonds. The number of rotatable bonds is 8. The standard InChI is InChI=1S/C17H23N3O4S/c21-25(22,11-10-24-16-6-2-1-3-7-16)19-15-12-18-20(13-15)14-17-8-4-5-9-23-17/h1-3,6-7,12-13,17,19H,4-5,8-11,14H2/t17-/m1/s1. The van der Waals surface area contributed by atoms with E-state index in [2.05, 4.69) is 9.82 Å². The van der Waals surface area contributed by atoms with Crippen molar-refractivity contribution in [2.45, 2.75) is 31.9 Å². The van der Waals surface area contributed by atoms with Crippen molar-refractivity contribution in [3.63, 3.8) is 0 Å². The molecule has 1 aromatic carbocycles. The first kappa shape index (κ1) is 17.8. The maximum absolute atomic E-state index is 12.1. The summed E-state index contributed by atoms with van der Waals surface area (Å²) in [7, 11) is -3.48. The van der Waals surface area contributed by atoms with E-state index < -0.39 is 10.0 Å². The van der Waals surface area contributed by atoms with Gasteiger partial charge in [-0.3, -0.25) is 9.40 Å². The van der Waals surface area contributed by atoms with Gasteiger partial charge < -0.3 is 9.47 Å². The third kappa shape index (κ3) is 5.75. The lowest BCUT2D eigenvalue weighted by Crippen LogP contribution is -2.24. The molecule has 1 aliphatic heterocycles. The fourth-order valence-electron chi connectivity index (χ4n) is 2.69. The van der Waals surface area contributed by atoms with Gasteiger partial charge in [-0.15, -0.1) is 0 Å². The summed E-state index contributed by atoms with van der Waals surface area (Å²) in [6, 6.07) is 9.13. The van der Waals surface area contributed by atoms with Crippen molar-refractivity contribution in [2.75, 3.05) is 23.7 Å². The molecule has 2 aromatic rings. The average Bonchev–Trinajstić information content (AvgIpc) is 3.02. The van der Waals surface area contributed by atoms with Crippen LogP contribution in [0.5, 0.6) is 5.75 Å². The molecule has 25 heavy (non-hydrogen) atoms. The Bertz CT molecular complexity index is 755. The van der Waals surface area contributed by atoms with Crippen LogP contribution in [0, 0.1) is 0 Å². The zero-order chi connectivity index (χ0) is 17.5. The summed E-state index contributed by atoms with van der Waals surface area (Å²) in [6.45, 7) is 1.51. The Kier molecular flexibility index (Phi) is 5.93. The highest BCUT2D eigenvalue weighted by molar-refractivity contribution is 7.92. The number of aromatic nitrogens is 2. The first-order valence-corrected chi connectivity index (χ1v) is 10.1. The summed E-state index contributed by atoms with van der Waals surface area (Å²) in [6.07, 6.45) is 6.62. The molecule has 1 saturated heterocycles. The number of nitrogens with zero attached hydrogens (tertiary/aromatic N) is 2. The van der Waals surface area contributed by atoms with Gasteiger partial charge in [0.2, 0.25) is 10.0 Å². The van der Waals surface area contributed by atoms with E-state index in [-0.39, 0.29) is 18.5 Å². The van der Waals surface area contributed by atoms with Gasteiger partial charge in [0, 0.05) is 12.8 Å². The molecular formula is C17H23N3O4S. The molecule has 1 atom stereocenters. The highest BCUT2D eigenvalue weighted by atomic mass is 32.2. The quantitative estimate of drug-likeness (QED) is 0.776. The molecular weight excluding hydrogens is 342 g/mol. The Morgan fingerprint density at radius 2 is 2.12 bits per heavy atom. The Labute approximate surface area is 148 Å². The second kappa shape index (κ2) is 8.35. The van der Waals surface area contributed by atoms with Crippen molar-refractivity contribution in [1.29, 1.82) is 0 Å². The van der Waals surface area contributed by atoms with Crippen molar-refractivity contribution in [2.24, 2.45) is 0 Å². The molecule has 2 heterocycles. The van der Waals surface area contributed by atoms with Crippen molar-refractivity contribution in [3.8, 4) is 5.75 Å². The van der Waals surface area contributed by atoms with Gasteiger partial charge in [0.25, 0.3) is 0 Å². The van der Waals surface area contributed by atoms with Crippen LogP contribution in [0.1, 0.15) is 19.3 Å². The largest absolute Gasteiger partial charge is 0.492 e. The highest BCUT2D eigenvalue weighted by Crippen LogP contribution is 2.16. The van der Waals surface area contributed by atoms with E-state index in [4.69, 9.17) is 9.47 Å². The second-order valence-corrected chi connectivity index (χ2v) is 7.86. The van der Waals surface area contributed by atoms with Crippen LogP contribution in [0.2, 0.25) is 0 Å². The van der Waals surface area contributed by atoms with Crippen molar-refractivity contribution in [1.82, 2.24) is 9.78 Å². The van der Waals surface area contributed by atoms with Gasteiger partial charge >= 0.3 is 0 Å². The van der Waals surface area contributed by atoms with Crippen LogP contribution in [-0.2, 0) is 21.3 Å². The Balaban J connectivity index is 1.47. The van der Waals surface area contributed by atoms with Crippen molar-refractivity contribution in [3.05, 3.63) is 42.7 Å². The van der Waals surface area contributed by atoms with Crippen LogP contribution in [0.15, 0.2) is 42.7 Å². The molecule has 8 heteroatoms. The number of benzene rings is 1. The van der Waals surface area contributed by atoms with E-state index >= 15 is 0 Å². The lowest BCUT2D eigenvalue weighted by molar-refractivity contribution is 0.00401. The van der Waals surface area contributed by atoms with E-state index in [1.807, 2.05) is 18.2 Å². The zero-order valence-electron chi connectivity index (χ0n) is 14.0. The molecule has 0 unspecified atom stereocenters. The number of ether oxygens (including phenoxy) is 2. The molecule has 1 aliphatic rings. The van der Waals surface area contributed by atoms with Crippen LogP contribution in [0.3, 0.4) is 0 Å². The molecule has 0 saturated carbocycles. The Morgan fingerprint density at radius 3 is 2.88 bits per heavy atom. The third-order valence-corrected chi connectivity index (χ3v) is 5.19. The fraction of sp³-hybridized carbons (Fsp3) is 0.471. The van der Waals surface area contributed by atoms with Gasteiger partial charge in [-0.1, -0.05) is 18.2 Å². The van der Waals surface area contributed by atoms with Crippen molar-refractivity contribution < 1.29 is 17.9 Å². The minimum Gasteiger partial charge on any atom is -0.492 e. The second-order valence-electron chi connectivity index (χ2n) is 6.02. The van der Waals surface area contributed by atoms with E-state index in [0.29, 0.717) is 18.0 Å². The van der Waals surface area contributed by atoms with Crippen LogP contribution in [0.4, 0.5) is 5.69 Å². The highest BCUT2D eigenvalue weighted by Gasteiger charge is 2.16. The number of hydrogen-bond acceptors (Lipinski definition) is 5. The van der Waals surface area contributed by atoms with Gasteiger partial charge in [0.15, 0.2) is 0 Å². The van der Waals surface area contributed by atoms with Crippen LogP contribution in [-0.4, -0.2) is 43.3 Å². The predicted molar refractivity (Wildman–Crippen MR) is 95.2 cm³/mol. The minimum atomic E-state index is -3.48. The number of anilines is 1. The van der Waals surface area contributed by atoms with Crippen LogP contribution >= 0.6 is 0 Å². The molecule has 0 spiro atoms. The SMILES string of the molecule is O=S(=O)(CCOc1ccccc1)Nc1cnn(C[C@H]2CCCCO2)c1. The maximum Gasteiger partial charge on any atom is 0.236 e. The number of para-hydroxylation sites is 1. The molecule has 3 rings (SSSR count). The minimum absolute atomic E-state index is 0.0867. The first-order chi connectivity index (χ1) is 12.1. The molecule has 0 aliphatic carbocycles. The lowest BCUT2D eigenvalue weighted by atomic mass is 10.1. The summed E-state index contributed by atoms with van der Waals surface area (Å²) >= 11 is 0. The van der Waals surface area contributed by atoms with Gasteiger partial charge in [-0.2, -0.15) is 5.10 Å². The normalized spacial score (nSPS) is 18.0. The molecule has 0 radical (unpaired) electrons. The smallest absolute Gasteiger partial charge is 0.236 e. The Hall–Kier alpha value is -2.06. The predicted octanol–water partition coefficient (Wildman–Crippen LogP) is 2.27. The molecule has 1 N–H and O–H groups in total. The number of nitrogens with one attached hydrogen (secondary N) is 1. The molecule has 7 nitrogen and oxygen atoms in total. The van der Waals surface area contributed by atoms with Crippen LogP contribution in [0.25, 0.3) is 0 Å². The average molecular weight is 365 g/mol. The van der Waals surface area contributed by atoms with E-state index in [9.17, 15) is 8.42 Å². The lowest BCUT2D eigenvalue weighted by Gasteiger charge is -2.22. The monoisotopic (exact) mass is 365 g/mol. The van der Waals surface area contributed by atoms with Gasteiger partial charge in [-0.25, -0.2) is 8.42 Å². The zero-order valence-corrected chi connectivity index (χ0v) is 14.8. The maximum atomic E-state index is 12.1. The molecule has 1 aromatic heterocycles. The van der Waals surface area contributed by atoms with E-state index in [0.717, 1.165) is 25.9 Å². The summed E-state index contributed by atoms with van der Waals surface area (Å²) in [5.74, 6) is 0.525. The Morgan fingerprint density at radius 1 is 1.28 bits per heavy atom. The third-order valence-electron chi connectivity index (χ3n) is 3.94. The topological polar surface area (TPSA) is 82.5 Å². The summed E-state index contributed by atoms with van der Waals surface area (Å²) in [4.78, 5) is 0. The summed E-state index contributed by atoms with van der Waals surface area (Å²) in [5, 5.41) is 4.20. The van der Waals surface area contributed by atoms with Gasteiger partial charge in [0.1, 0.15) is 18.1 Å². The number of sulfonamides is 1. The van der Waals surface area contributed by atoms with Gasteiger partial charge in [0.05, 0.1) is 24.5 Å². The summed E-state index contributed by atoms with van der Waals surface area (Å²) < 4.78 is 39.6. The molecule has 136 valence electrons. The molecule has 1 fully saturated rings. The summed E-state index contributed by atoms with van der Waals surface area (Å²) in [5.41, 5.74) is 0.454. The molecule has 0 bridgehead atoms. The van der Waals surface area contributed by atoms with E-state index in [1.165, 1.54) is 6.20 Å². The van der Waals surface area contributed by atoms with Gasteiger partial charge in [-0.05, 0) is 31.4 Å².